The smallest absolute Gasteiger partial charge is 0.243 e. The number of aromatic amines is 1. The van der Waals surface area contributed by atoms with Crippen molar-refractivity contribution in [2.75, 3.05) is 0 Å². The minimum atomic E-state index is -1.03. The van der Waals surface area contributed by atoms with E-state index < -0.39 is 29.7 Å². The highest BCUT2D eigenvalue weighted by Crippen LogP contribution is 2.19. The van der Waals surface area contributed by atoms with Gasteiger partial charge in [-0.1, -0.05) is 24.3 Å². The molecule has 182 valence electrons. The fourth-order valence-corrected chi connectivity index (χ4v) is 3.69. The van der Waals surface area contributed by atoms with E-state index in [1.807, 2.05) is 24.3 Å². The van der Waals surface area contributed by atoms with Crippen LogP contribution in [0.15, 0.2) is 55.0 Å². The third-order valence-electron chi connectivity index (χ3n) is 5.46. The van der Waals surface area contributed by atoms with Crippen molar-refractivity contribution in [3.63, 3.8) is 0 Å². The molecule has 2 aromatic heterocycles. The number of pyridine rings is 1. The second-order valence-electron chi connectivity index (χ2n) is 8.11. The Kier molecular flexibility index (Phi) is 8.82. The minimum Gasteiger partial charge on any atom is -0.361 e. The summed E-state index contributed by atoms with van der Waals surface area (Å²) in [5.41, 5.74) is 2.52. The Labute approximate surface area is 202 Å². The summed E-state index contributed by atoms with van der Waals surface area (Å²) in [5, 5.41) is 16.1. The molecule has 3 rings (SSSR count). The molecule has 0 fully saturated rings. The molecule has 0 spiro atoms. The summed E-state index contributed by atoms with van der Waals surface area (Å²) in [6.07, 6.45) is 5.84. The predicted octanol–water partition coefficient (Wildman–Crippen LogP) is 1.41. The van der Waals surface area contributed by atoms with Crippen molar-refractivity contribution in [3.05, 3.63) is 66.1 Å². The molecule has 3 amide bonds. The largest absolute Gasteiger partial charge is 0.361 e. The van der Waals surface area contributed by atoms with Crippen LogP contribution in [-0.2, 0) is 32.1 Å². The van der Waals surface area contributed by atoms with E-state index in [9.17, 15) is 19.2 Å². The van der Waals surface area contributed by atoms with Gasteiger partial charge in [-0.3, -0.25) is 24.2 Å². The Morgan fingerprint density at radius 3 is 2.57 bits per heavy atom. The van der Waals surface area contributed by atoms with Crippen molar-refractivity contribution in [3.8, 4) is 0 Å². The van der Waals surface area contributed by atoms with Gasteiger partial charge in [0.1, 0.15) is 12.1 Å². The first-order chi connectivity index (χ1) is 16.9. The van der Waals surface area contributed by atoms with E-state index in [0.717, 1.165) is 22.0 Å². The quantitative estimate of drug-likeness (QED) is 0.250. The average Bonchev–Trinajstić information content (AvgIpc) is 3.27. The number of Topliss-reactive ketones (excluding diaryl/α,β-unsaturated/α-hetero) is 1. The number of H-pyrrole nitrogens is 1. The molecule has 0 saturated heterocycles. The molecule has 2 atom stereocenters. The third-order valence-corrected chi connectivity index (χ3v) is 5.46. The van der Waals surface area contributed by atoms with Gasteiger partial charge in [0.25, 0.3) is 0 Å². The van der Waals surface area contributed by atoms with E-state index in [0.29, 0.717) is 6.21 Å². The van der Waals surface area contributed by atoms with Gasteiger partial charge in [0.15, 0.2) is 5.78 Å². The fraction of sp³-hybridized carbons (Fsp3) is 0.280. The third kappa shape index (κ3) is 7.32. The maximum Gasteiger partial charge on any atom is 0.243 e. The molecule has 0 aliphatic heterocycles. The van der Waals surface area contributed by atoms with Gasteiger partial charge in [0, 0.05) is 55.8 Å². The van der Waals surface area contributed by atoms with Gasteiger partial charge in [-0.05, 0) is 29.7 Å². The summed E-state index contributed by atoms with van der Waals surface area (Å²) < 4.78 is 0. The molecule has 0 radical (unpaired) electrons. The van der Waals surface area contributed by atoms with E-state index >= 15 is 0 Å². The highest BCUT2D eigenvalue weighted by molar-refractivity contribution is 6.26. The summed E-state index contributed by atoms with van der Waals surface area (Å²) in [5.74, 6) is -1.87. The van der Waals surface area contributed by atoms with Crippen LogP contribution in [0.3, 0.4) is 0 Å². The summed E-state index contributed by atoms with van der Waals surface area (Å²) in [6, 6.07) is 9.19. The highest BCUT2D eigenvalue weighted by atomic mass is 16.2. The lowest BCUT2D eigenvalue weighted by Crippen LogP contribution is -2.54. The van der Waals surface area contributed by atoms with Crippen LogP contribution in [-0.4, -0.2) is 51.8 Å². The number of ketones is 1. The molecule has 0 unspecified atom stereocenters. The average molecular weight is 477 g/mol. The van der Waals surface area contributed by atoms with E-state index in [1.54, 1.807) is 30.7 Å². The number of fused-ring (bicyclic) bond motifs is 1. The van der Waals surface area contributed by atoms with Crippen LogP contribution < -0.4 is 16.0 Å². The van der Waals surface area contributed by atoms with Gasteiger partial charge in [0.05, 0.1) is 6.21 Å². The summed E-state index contributed by atoms with van der Waals surface area (Å²) >= 11 is 0. The fourth-order valence-electron chi connectivity index (χ4n) is 3.69. The minimum absolute atomic E-state index is 0.0126. The zero-order valence-electron chi connectivity index (χ0n) is 19.3. The summed E-state index contributed by atoms with van der Waals surface area (Å²) in [6.45, 7) is 1.51. The van der Waals surface area contributed by atoms with Crippen LogP contribution in [0.1, 0.15) is 30.9 Å². The Morgan fingerprint density at radius 1 is 1.06 bits per heavy atom. The Morgan fingerprint density at radius 2 is 1.86 bits per heavy atom. The maximum absolute atomic E-state index is 13.2. The first-order valence-corrected chi connectivity index (χ1v) is 11.2. The molecule has 5 N–H and O–H groups in total. The number of amides is 3. The first kappa shape index (κ1) is 25.3. The lowest BCUT2D eigenvalue weighted by atomic mass is 10.0. The molecule has 10 heteroatoms. The number of carbonyl (C=O) groups is 4. The van der Waals surface area contributed by atoms with E-state index in [4.69, 9.17) is 5.41 Å². The van der Waals surface area contributed by atoms with Gasteiger partial charge in [0.2, 0.25) is 17.7 Å². The molecule has 0 aliphatic carbocycles. The highest BCUT2D eigenvalue weighted by Gasteiger charge is 2.27. The van der Waals surface area contributed by atoms with Gasteiger partial charge < -0.3 is 26.3 Å². The molecule has 0 saturated carbocycles. The summed E-state index contributed by atoms with van der Waals surface area (Å²) in [4.78, 5) is 56.7. The predicted molar refractivity (Wildman–Crippen MR) is 131 cm³/mol. The number of rotatable bonds is 12. The van der Waals surface area contributed by atoms with Crippen LogP contribution >= 0.6 is 0 Å². The molecule has 2 heterocycles. The van der Waals surface area contributed by atoms with E-state index in [2.05, 4.69) is 25.9 Å². The van der Waals surface area contributed by atoms with E-state index in [1.165, 1.54) is 6.92 Å². The van der Waals surface area contributed by atoms with Crippen LogP contribution in [0.5, 0.6) is 0 Å². The number of hydrogen-bond acceptors (Lipinski definition) is 6. The molecular weight excluding hydrogens is 448 g/mol. The number of para-hydroxylation sites is 1. The normalized spacial score (nSPS) is 12.4. The number of carbonyl (C=O) groups excluding carboxylic acids is 4. The van der Waals surface area contributed by atoms with Crippen LogP contribution in [0.2, 0.25) is 0 Å². The number of aromatic nitrogens is 2. The monoisotopic (exact) mass is 476 g/mol. The molecule has 0 aliphatic rings. The zero-order chi connectivity index (χ0) is 25.2. The summed E-state index contributed by atoms with van der Waals surface area (Å²) in [7, 11) is 0. The molecule has 10 nitrogen and oxygen atoms in total. The Bertz CT molecular complexity index is 1210. The number of hydrogen-bond donors (Lipinski definition) is 5. The number of nitrogens with one attached hydrogen (secondary N) is 5. The SMILES string of the molecule is CC(=O)N[C@@H](Cc1c[nH]c2ccccc12)C(=O)N[C@@H](CCC(=O)C=N)C(=O)NCc1cccnc1. The van der Waals surface area contributed by atoms with Crippen LogP contribution in [0, 0.1) is 5.41 Å². The molecule has 0 bridgehead atoms. The van der Waals surface area contributed by atoms with Gasteiger partial charge in [-0.2, -0.15) is 0 Å². The van der Waals surface area contributed by atoms with Gasteiger partial charge in [-0.25, -0.2) is 0 Å². The number of benzene rings is 1. The topological polar surface area (TPSA) is 157 Å². The maximum atomic E-state index is 13.2. The lowest BCUT2D eigenvalue weighted by Gasteiger charge is -2.23. The Hall–Kier alpha value is -4.34. The molecule has 3 aromatic rings. The molecule has 35 heavy (non-hydrogen) atoms. The van der Waals surface area contributed by atoms with Crippen molar-refractivity contribution in [1.82, 2.24) is 25.9 Å². The second kappa shape index (κ2) is 12.2. The standard InChI is InChI=1S/C25H28N6O4/c1-16(32)30-23(11-18-15-28-21-7-3-2-6-20(18)21)25(35)31-22(9-8-19(33)12-26)24(34)29-14-17-5-4-10-27-13-17/h2-7,10,12-13,15,22-23,26,28H,8-9,11,14H2,1H3,(H,29,34)(H,30,32)(H,31,35)/t22-,23-/m0/s1. The van der Waals surface area contributed by atoms with Crippen molar-refractivity contribution >= 4 is 40.6 Å². The van der Waals surface area contributed by atoms with Gasteiger partial charge in [-0.15, -0.1) is 0 Å². The van der Waals surface area contributed by atoms with Crippen LogP contribution in [0.25, 0.3) is 10.9 Å². The van der Waals surface area contributed by atoms with Crippen molar-refractivity contribution in [1.29, 1.82) is 5.41 Å². The van der Waals surface area contributed by atoms with Crippen LogP contribution in [0.4, 0.5) is 0 Å². The van der Waals surface area contributed by atoms with Crippen molar-refractivity contribution in [2.45, 2.75) is 44.8 Å². The second-order valence-corrected chi connectivity index (χ2v) is 8.11. The van der Waals surface area contributed by atoms with Crippen molar-refractivity contribution in [2.24, 2.45) is 0 Å². The molecular formula is C25H28N6O4. The molecule has 1 aromatic carbocycles. The zero-order valence-corrected chi connectivity index (χ0v) is 19.3. The Balaban J connectivity index is 1.74. The van der Waals surface area contributed by atoms with Crippen molar-refractivity contribution < 1.29 is 19.2 Å². The first-order valence-electron chi connectivity index (χ1n) is 11.2. The van der Waals surface area contributed by atoms with Gasteiger partial charge >= 0.3 is 0 Å². The number of nitrogens with zero attached hydrogens (tertiary/aromatic N) is 1. The van der Waals surface area contributed by atoms with E-state index in [-0.39, 0.29) is 31.7 Å². The lowest BCUT2D eigenvalue weighted by molar-refractivity contribution is -0.132.